The molecule has 7 heteroatoms. The first kappa shape index (κ1) is 20.8. The largest absolute Gasteiger partial charge is 0.306 e. The van der Waals surface area contributed by atoms with E-state index in [-0.39, 0.29) is 30.4 Å². The summed E-state index contributed by atoms with van der Waals surface area (Å²) in [7, 11) is 4.05. The molecule has 0 fully saturated rings. The van der Waals surface area contributed by atoms with Crippen LogP contribution in [0.3, 0.4) is 0 Å². The van der Waals surface area contributed by atoms with Crippen molar-refractivity contribution in [1.82, 2.24) is 19.9 Å². The fourth-order valence-corrected chi connectivity index (χ4v) is 2.45. The van der Waals surface area contributed by atoms with Gasteiger partial charge in [-0.15, -0.1) is 24.8 Å². The monoisotopic (exact) mass is 378 g/mol. The molecule has 0 spiro atoms. The van der Waals surface area contributed by atoms with Crippen LogP contribution < -0.4 is 5.56 Å². The van der Waals surface area contributed by atoms with Gasteiger partial charge in [-0.25, -0.2) is 4.98 Å². The average molecular weight is 379 g/mol. The maximum atomic E-state index is 12.0. The van der Waals surface area contributed by atoms with Crippen molar-refractivity contribution in [2.24, 2.45) is 0 Å². The van der Waals surface area contributed by atoms with E-state index in [1.165, 1.54) is 11.6 Å². The van der Waals surface area contributed by atoms with Crippen molar-refractivity contribution in [3.8, 4) is 22.6 Å². The van der Waals surface area contributed by atoms with Gasteiger partial charge in [0.1, 0.15) is 5.82 Å². The number of benzene rings is 1. The lowest BCUT2D eigenvalue weighted by Crippen LogP contribution is -2.11. The molecular formula is C18H20Cl2N4O. The highest BCUT2D eigenvalue weighted by Crippen LogP contribution is 2.20. The van der Waals surface area contributed by atoms with Gasteiger partial charge in [-0.1, -0.05) is 18.2 Å². The summed E-state index contributed by atoms with van der Waals surface area (Å²) in [5.41, 5.74) is 3.42. The van der Waals surface area contributed by atoms with Crippen molar-refractivity contribution in [1.29, 1.82) is 0 Å². The molecular weight excluding hydrogens is 359 g/mol. The van der Waals surface area contributed by atoms with Gasteiger partial charge in [0.25, 0.3) is 5.56 Å². The number of hydrogen-bond acceptors (Lipinski definition) is 4. The third-order valence-electron chi connectivity index (χ3n) is 3.42. The number of nitrogens with one attached hydrogen (secondary N) is 1. The van der Waals surface area contributed by atoms with Gasteiger partial charge in [0, 0.05) is 36.1 Å². The van der Waals surface area contributed by atoms with Crippen LogP contribution in [-0.4, -0.2) is 33.9 Å². The average Bonchev–Trinajstić information content (AvgIpc) is 2.55. The van der Waals surface area contributed by atoms with Crippen LogP contribution >= 0.6 is 24.8 Å². The maximum absolute atomic E-state index is 12.0. The lowest BCUT2D eigenvalue weighted by molar-refractivity contribution is 0.402. The number of aromatic nitrogens is 3. The molecule has 1 N–H and O–H groups in total. The zero-order valence-corrected chi connectivity index (χ0v) is 15.6. The zero-order valence-electron chi connectivity index (χ0n) is 14.0. The van der Waals surface area contributed by atoms with E-state index in [0.717, 1.165) is 17.7 Å². The van der Waals surface area contributed by atoms with E-state index in [0.29, 0.717) is 11.5 Å². The van der Waals surface area contributed by atoms with Crippen LogP contribution in [0, 0.1) is 0 Å². The number of pyridine rings is 1. The Labute approximate surface area is 159 Å². The third kappa shape index (κ3) is 5.39. The van der Waals surface area contributed by atoms with Gasteiger partial charge in [0.2, 0.25) is 0 Å². The second-order valence-electron chi connectivity index (χ2n) is 5.65. The van der Waals surface area contributed by atoms with E-state index in [1.54, 1.807) is 12.4 Å². The molecule has 0 radical (unpaired) electrons. The number of H-pyrrole nitrogens is 1. The first-order valence-electron chi connectivity index (χ1n) is 7.37. The summed E-state index contributed by atoms with van der Waals surface area (Å²) >= 11 is 0. The van der Waals surface area contributed by atoms with E-state index < -0.39 is 0 Å². The quantitative estimate of drug-likeness (QED) is 0.755. The van der Waals surface area contributed by atoms with Crippen molar-refractivity contribution in [3.05, 3.63) is 70.8 Å². The Morgan fingerprint density at radius 3 is 2.40 bits per heavy atom. The molecule has 0 saturated carbocycles. The molecule has 2 heterocycles. The smallest absolute Gasteiger partial charge is 0.251 e. The number of aromatic amines is 1. The highest BCUT2D eigenvalue weighted by molar-refractivity contribution is 5.85. The molecule has 0 atom stereocenters. The van der Waals surface area contributed by atoms with Gasteiger partial charge in [-0.05, 0) is 37.9 Å². The summed E-state index contributed by atoms with van der Waals surface area (Å²) in [5, 5.41) is 0. The predicted molar refractivity (Wildman–Crippen MR) is 105 cm³/mol. The minimum Gasteiger partial charge on any atom is -0.306 e. The summed E-state index contributed by atoms with van der Waals surface area (Å²) in [6, 6.07) is 13.2. The molecule has 25 heavy (non-hydrogen) atoms. The minimum atomic E-state index is -0.167. The molecule has 2 aromatic heterocycles. The predicted octanol–water partition coefficient (Wildman–Crippen LogP) is 3.40. The summed E-state index contributed by atoms with van der Waals surface area (Å²) in [4.78, 5) is 25.5. The highest BCUT2D eigenvalue weighted by Gasteiger charge is 2.07. The zero-order chi connectivity index (χ0) is 16.2. The molecule has 5 nitrogen and oxygen atoms in total. The Kier molecular flexibility index (Phi) is 7.77. The van der Waals surface area contributed by atoms with E-state index in [1.807, 2.05) is 38.4 Å². The van der Waals surface area contributed by atoms with E-state index in [2.05, 4.69) is 32.0 Å². The van der Waals surface area contributed by atoms with Gasteiger partial charge in [-0.2, -0.15) is 0 Å². The summed E-state index contributed by atoms with van der Waals surface area (Å²) in [6.07, 6.45) is 3.38. The number of halogens is 2. The molecule has 0 aliphatic carbocycles. The van der Waals surface area contributed by atoms with Gasteiger partial charge in [0.05, 0.1) is 5.69 Å². The topological polar surface area (TPSA) is 61.9 Å². The van der Waals surface area contributed by atoms with Crippen LogP contribution in [0.1, 0.15) is 5.56 Å². The van der Waals surface area contributed by atoms with Gasteiger partial charge < -0.3 is 9.88 Å². The summed E-state index contributed by atoms with van der Waals surface area (Å²) in [5.74, 6) is 0.574. The second-order valence-corrected chi connectivity index (χ2v) is 5.65. The van der Waals surface area contributed by atoms with Crippen LogP contribution in [0.2, 0.25) is 0 Å². The first-order valence-corrected chi connectivity index (χ1v) is 7.37. The number of hydrogen-bond donors (Lipinski definition) is 1. The minimum absolute atomic E-state index is 0. The normalized spacial score (nSPS) is 10.0. The van der Waals surface area contributed by atoms with Crippen molar-refractivity contribution < 1.29 is 0 Å². The Bertz CT molecular complexity index is 866. The van der Waals surface area contributed by atoms with E-state index >= 15 is 0 Å². The maximum Gasteiger partial charge on any atom is 0.251 e. The van der Waals surface area contributed by atoms with Crippen molar-refractivity contribution >= 4 is 24.8 Å². The molecule has 0 aliphatic rings. The van der Waals surface area contributed by atoms with Gasteiger partial charge >= 0.3 is 0 Å². The molecule has 0 unspecified atom stereocenters. The highest BCUT2D eigenvalue weighted by atomic mass is 35.5. The first-order chi connectivity index (χ1) is 11.1. The SMILES string of the molecule is CN(C)Cc1cccc(-c2nc(-c3ccncc3)cc(=O)[nH]2)c1.Cl.Cl. The molecule has 3 rings (SSSR count). The molecule has 1 aromatic carbocycles. The fraction of sp³-hybridized carbons (Fsp3) is 0.167. The standard InChI is InChI=1S/C18H18N4O.2ClH/c1-22(2)12-13-4-3-5-15(10-13)18-20-16(11-17(23)21-18)14-6-8-19-9-7-14;;/h3-11H,12H2,1-2H3,(H,20,21,23);2*1H. The Balaban J connectivity index is 0.00000156. The fourth-order valence-electron chi connectivity index (χ4n) is 2.45. The van der Waals surface area contributed by atoms with Crippen LogP contribution in [0.4, 0.5) is 0 Å². The Morgan fingerprint density at radius 2 is 1.72 bits per heavy atom. The van der Waals surface area contributed by atoms with Crippen molar-refractivity contribution in [3.63, 3.8) is 0 Å². The summed E-state index contributed by atoms with van der Waals surface area (Å²) in [6.45, 7) is 0.835. The Morgan fingerprint density at radius 1 is 1.00 bits per heavy atom. The Hall–Kier alpha value is -2.21. The van der Waals surface area contributed by atoms with Crippen molar-refractivity contribution in [2.75, 3.05) is 14.1 Å². The molecule has 132 valence electrons. The van der Waals surface area contributed by atoms with Crippen LogP contribution in [0.5, 0.6) is 0 Å². The lowest BCUT2D eigenvalue weighted by atomic mass is 10.1. The van der Waals surface area contributed by atoms with Crippen LogP contribution in [0.15, 0.2) is 59.7 Å². The molecule has 0 bridgehead atoms. The lowest BCUT2D eigenvalue weighted by Gasteiger charge is -2.11. The second kappa shape index (κ2) is 9.32. The molecule has 3 aromatic rings. The van der Waals surface area contributed by atoms with Crippen LogP contribution in [-0.2, 0) is 6.54 Å². The van der Waals surface area contributed by atoms with E-state index in [4.69, 9.17) is 0 Å². The van der Waals surface area contributed by atoms with E-state index in [9.17, 15) is 4.79 Å². The number of nitrogens with zero attached hydrogens (tertiary/aromatic N) is 3. The van der Waals surface area contributed by atoms with Gasteiger partial charge in [-0.3, -0.25) is 9.78 Å². The third-order valence-corrected chi connectivity index (χ3v) is 3.42. The molecule has 0 saturated heterocycles. The van der Waals surface area contributed by atoms with Crippen LogP contribution in [0.25, 0.3) is 22.6 Å². The van der Waals surface area contributed by atoms with Gasteiger partial charge in [0.15, 0.2) is 0 Å². The number of rotatable bonds is 4. The molecule has 0 amide bonds. The summed E-state index contributed by atoms with van der Waals surface area (Å²) < 4.78 is 0. The molecule has 0 aliphatic heterocycles. The van der Waals surface area contributed by atoms with Crippen molar-refractivity contribution in [2.45, 2.75) is 6.54 Å².